The molecule has 2 aliphatic carbocycles. The number of halogens is 1. The summed E-state index contributed by atoms with van der Waals surface area (Å²) in [5.41, 5.74) is 3.83. The molecule has 2 aliphatic rings. The van der Waals surface area contributed by atoms with E-state index in [1.807, 2.05) is 38.1 Å². The van der Waals surface area contributed by atoms with Crippen LogP contribution >= 0.6 is 0 Å². The van der Waals surface area contributed by atoms with Gasteiger partial charge < -0.3 is 4.74 Å². The van der Waals surface area contributed by atoms with Crippen molar-refractivity contribution in [2.24, 2.45) is 11.8 Å². The number of pyridine rings is 1. The minimum atomic E-state index is -0.719. The molecule has 204 valence electrons. The van der Waals surface area contributed by atoms with E-state index in [0.29, 0.717) is 52.4 Å². The Balaban J connectivity index is 1.61. The summed E-state index contributed by atoms with van der Waals surface area (Å²) in [6.45, 7) is 5.31. The lowest BCUT2D eigenvalue weighted by molar-refractivity contribution is -0.142. The van der Waals surface area contributed by atoms with Crippen LogP contribution in [0.25, 0.3) is 33.5 Å². The van der Waals surface area contributed by atoms with Crippen molar-refractivity contribution in [3.63, 3.8) is 0 Å². The standard InChI is InChI=1S/C33H27FN4O3/c1-18-26-14-13-25-29(24-7-4-5-9-27(24)34)37-32(38-31(25)33(26,3)15-20(16-35)30(18)40)23-8-6-10-28-22(23)12-11-21(36-28)17-41-19(2)39/h4-12,15,18,26H,13-14,17H2,1-3H3/t18-,26-,33-/m1/s1. The third kappa shape index (κ3) is 4.38. The first kappa shape index (κ1) is 26.5. The summed E-state index contributed by atoms with van der Waals surface area (Å²) in [5, 5.41) is 10.6. The number of allylic oxidation sites excluding steroid dienone is 2. The number of hydrogen-bond acceptors (Lipinski definition) is 7. The summed E-state index contributed by atoms with van der Waals surface area (Å²) in [4.78, 5) is 39.0. The van der Waals surface area contributed by atoms with E-state index >= 15 is 4.39 Å². The van der Waals surface area contributed by atoms with Crippen molar-refractivity contribution in [1.29, 1.82) is 5.26 Å². The Kier molecular flexibility index (Phi) is 6.46. The fraction of sp³-hybridized carbons (Fsp3) is 0.273. The lowest BCUT2D eigenvalue weighted by atomic mass is 9.57. The first-order valence-corrected chi connectivity index (χ1v) is 13.6. The Hall–Kier alpha value is -4.77. The molecule has 2 aromatic heterocycles. The molecule has 0 saturated heterocycles. The maximum Gasteiger partial charge on any atom is 0.303 e. The van der Waals surface area contributed by atoms with Gasteiger partial charge >= 0.3 is 5.97 Å². The highest BCUT2D eigenvalue weighted by molar-refractivity contribution is 6.02. The lowest BCUT2D eigenvalue weighted by Gasteiger charge is -2.45. The molecule has 2 heterocycles. The van der Waals surface area contributed by atoms with Gasteiger partial charge in [-0.25, -0.2) is 19.3 Å². The Bertz CT molecular complexity index is 1830. The summed E-state index contributed by atoms with van der Waals surface area (Å²) >= 11 is 0. The monoisotopic (exact) mass is 546 g/mol. The molecule has 0 aliphatic heterocycles. The molecule has 0 saturated carbocycles. The zero-order valence-electron chi connectivity index (χ0n) is 22.9. The van der Waals surface area contributed by atoms with Crippen LogP contribution in [0.1, 0.15) is 44.1 Å². The molecule has 6 rings (SSSR count). The summed E-state index contributed by atoms with van der Waals surface area (Å²) < 4.78 is 20.4. The van der Waals surface area contributed by atoms with Crippen LogP contribution in [0, 0.1) is 29.0 Å². The zero-order valence-corrected chi connectivity index (χ0v) is 22.9. The molecule has 0 N–H and O–H groups in total. The molecule has 0 radical (unpaired) electrons. The van der Waals surface area contributed by atoms with Gasteiger partial charge in [0, 0.05) is 40.3 Å². The maximum absolute atomic E-state index is 15.3. The molecule has 41 heavy (non-hydrogen) atoms. The molecular weight excluding hydrogens is 519 g/mol. The summed E-state index contributed by atoms with van der Waals surface area (Å²) in [6.07, 6.45) is 3.04. The van der Waals surface area contributed by atoms with E-state index in [1.165, 1.54) is 13.0 Å². The van der Waals surface area contributed by atoms with Crippen molar-refractivity contribution in [3.8, 4) is 28.7 Å². The molecule has 0 unspecified atom stereocenters. The van der Waals surface area contributed by atoms with E-state index in [1.54, 1.807) is 30.3 Å². The number of nitriles is 1. The van der Waals surface area contributed by atoms with Gasteiger partial charge in [0.15, 0.2) is 11.6 Å². The molecule has 0 bridgehead atoms. The van der Waals surface area contributed by atoms with Crippen LogP contribution in [0.15, 0.2) is 66.2 Å². The van der Waals surface area contributed by atoms with Gasteiger partial charge in [-0.15, -0.1) is 0 Å². The van der Waals surface area contributed by atoms with Crippen molar-refractivity contribution in [2.45, 2.75) is 45.6 Å². The minimum Gasteiger partial charge on any atom is -0.459 e. The number of esters is 1. The number of carbonyl (C=O) groups excluding carboxylic acids is 2. The number of aromatic nitrogens is 3. The van der Waals surface area contributed by atoms with Crippen LogP contribution in [-0.4, -0.2) is 26.7 Å². The number of ketones is 1. The SMILES string of the molecule is CC(=O)OCc1ccc2c(-c3nc(-c4ccccc4F)c4c(n3)[C@]3(C)C=C(C#N)C(=O)[C@H](C)[C@H]3CC4)cccc2n1. The van der Waals surface area contributed by atoms with Gasteiger partial charge in [-0.2, -0.15) is 5.26 Å². The second-order valence-electron chi connectivity index (χ2n) is 10.9. The summed E-state index contributed by atoms with van der Waals surface area (Å²) in [6, 6.07) is 17.9. The average molecular weight is 547 g/mol. The normalized spacial score (nSPS) is 21.4. The lowest BCUT2D eigenvalue weighted by Crippen LogP contribution is -2.46. The van der Waals surface area contributed by atoms with Crippen LogP contribution in [0.5, 0.6) is 0 Å². The Morgan fingerprint density at radius 2 is 1.88 bits per heavy atom. The molecular formula is C33H27FN4O3. The number of rotatable bonds is 4. The van der Waals surface area contributed by atoms with Crippen LogP contribution in [0.2, 0.25) is 0 Å². The van der Waals surface area contributed by atoms with Crippen LogP contribution < -0.4 is 0 Å². The van der Waals surface area contributed by atoms with E-state index in [4.69, 9.17) is 14.7 Å². The number of carbonyl (C=O) groups is 2. The van der Waals surface area contributed by atoms with Crippen LogP contribution in [-0.2, 0) is 32.8 Å². The van der Waals surface area contributed by atoms with Crippen LogP contribution in [0.3, 0.4) is 0 Å². The van der Waals surface area contributed by atoms with Crippen molar-refractivity contribution >= 4 is 22.7 Å². The third-order valence-corrected chi connectivity index (χ3v) is 8.42. The van der Waals surface area contributed by atoms with Gasteiger partial charge in [-0.1, -0.05) is 50.3 Å². The molecule has 0 spiro atoms. The highest BCUT2D eigenvalue weighted by atomic mass is 19.1. The Morgan fingerprint density at radius 3 is 2.63 bits per heavy atom. The Morgan fingerprint density at radius 1 is 1.10 bits per heavy atom. The number of fused-ring (bicyclic) bond motifs is 4. The molecule has 3 atom stereocenters. The van der Waals surface area contributed by atoms with Crippen molar-refractivity contribution in [1.82, 2.24) is 15.0 Å². The fourth-order valence-corrected chi connectivity index (χ4v) is 6.42. The predicted molar refractivity (Wildman–Crippen MR) is 151 cm³/mol. The molecule has 0 amide bonds. The van der Waals surface area contributed by atoms with Gasteiger partial charge in [-0.05, 0) is 43.0 Å². The van der Waals surface area contributed by atoms with E-state index < -0.39 is 5.41 Å². The van der Waals surface area contributed by atoms with Gasteiger partial charge in [0.2, 0.25) is 0 Å². The summed E-state index contributed by atoms with van der Waals surface area (Å²) in [7, 11) is 0. The summed E-state index contributed by atoms with van der Waals surface area (Å²) in [5.74, 6) is -0.925. The minimum absolute atomic E-state index is 0.0613. The second-order valence-corrected chi connectivity index (χ2v) is 10.9. The maximum atomic E-state index is 15.3. The second kappa shape index (κ2) is 10.0. The first-order chi connectivity index (χ1) is 19.7. The molecule has 2 aromatic carbocycles. The molecule has 8 heteroatoms. The number of benzene rings is 2. The highest BCUT2D eigenvalue weighted by Crippen LogP contribution is 2.51. The van der Waals surface area contributed by atoms with E-state index in [0.717, 1.165) is 10.9 Å². The van der Waals surface area contributed by atoms with Gasteiger partial charge in [0.1, 0.15) is 18.5 Å². The molecule has 4 aromatic rings. The Labute approximate surface area is 236 Å². The van der Waals surface area contributed by atoms with Crippen molar-refractivity contribution in [2.75, 3.05) is 0 Å². The predicted octanol–water partition coefficient (Wildman–Crippen LogP) is 6.05. The van der Waals surface area contributed by atoms with Crippen LogP contribution in [0.4, 0.5) is 4.39 Å². The average Bonchev–Trinajstić information content (AvgIpc) is 2.97. The number of hydrogen-bond donors (Lipinski definition) is 0. The number of ether oxygens (including phenoxy) is 1. The first-order valence-electron chi connectivity index (χ1n) is 13.6. The number of nitrogens with zero attached hydrogens (tertiary/aromatic N) is 4. The van der Waals surface area contributed by atoms with E-state index in [-0.39, 0.29) is 41.6 Å². The third-order valence-electron chi connectivity index (χ3n) is 8.42. The van der Waals surface area contributed by atoms with Gasteiger partial charge in [0.25, 0.3) is 0 Å². The van der Waals surface area contributed by atoms with Gasteiger partial charge in [-0.3, -0.25) is 9.59 Å². The van der Waals surface area contributed by atoms with Gasteiger partial charge in [0.05, 0.1) is 28.2 Å². The molecule has 7 nitrogen and oxygen atoms in total. The smallest absolute Gasteiger partial charge is 0.303 e. The fourth-order valence-electron chi connectivity index (χ4n) is 6.42. The van der Waals surface area contributed by atoms with E-state index in [2.05, 4.69) is 11.1 Å². The van der Waals surface area contributed by atoms with Crippen molar-refractivity contribution in [3.05, 3.63) is 89.0 Å². The topological polar surface area (TPSA) is 106 Å². The van der Waals surface area contributed by atoms with E-state index in [9.17, 15) is 14.9 Å². The quantitative estimate of drug-likeness (QED) is 0.287. The molecule has 0 fully saturated rings. The largest absolute Gasteiger partial charge is 0.459 e. The van der Waals surface area contributed by atoms with Crippen molar-refractivity contribution < 1.29 is 18.7 Å². The number of Topliss-reactive ketones (excluding diaryl/α,β-unsaturated/α-hetero) is 1. The zero-order chi connectivity index (χ0) is 28.9. The highest BCUT2D eigenvalue weighted by Gasteiger charge is 2.49.